The Morgan fingerprint density at radius 1 is 0.423 bits per heavy atom. The molecule has 12 atom stereocenters. The second-order valence-electron chi connectivity index (χ2n) is 19.8. The molecule has 25 heteroatoms. The summed E-state index contributed by atoms with van der Waals surface area (Å²) in [4.78, 5) is 133. The van der Waals surface area contributed by atoms with E-state index in [-0.39, 0.29) is 49.9 Å². The number of carbonyl (C=O) groups is 10. The molecule has 0 aliphatic carbocycles. The minimum atomic E-state index is -1.82. The Morgan fingerprint density at radius 3 is 1.10 bits per heavy atom. The van der Waals surface area contributed by atoms with Crippen LogP contribution in [0, 0.1) is 23.7 Å². The van der Waals surface area contributed by atoms with Gasteiger partial charge in [-0.3, -0.25) is 43.2 Å². The van der Waals surface area contributed by atoms with E-state index in [1.807, 2.05) is 19.2 Å². The lowest BCUT2D eigenvalue weighted by atomic mass is 9.98. The highest BCUT2D eigenvalue weighted by molar-refractivity contribution is 5.98. The highest BCUT2D eigenvalue weighted by Gasteiger charge is 2.38. The molecule has 0 aliphatic rings. The molecule has 0 saturated heterocycles. The van der Waals surface area contributed by atoms with Crippen LogP contribution in [0.15, 0.2) is 0 Å². The fourth-order valence-electron chi connectivity index (χ4n) is 7.12. The van der Waals surface area contributed by atoms with Gasteiger partial charge in [-0.15, -0.1) is 0 Å². The van der Waals surface area contributed by atoms with Crippen LogP contribution in [0.5, 0.6) is 0 Å². The Bertz CT molecular complexity index is 1780. The van der Waals surface area contributed by atoms with Crippen molar-refractivity contribution in [1.82, 2.24) is 42.5 Å². The Hall–Kier alpha value is -5.50. The first kappa shape index (κ1) is 65.5. The number of unbranched alkanes of at least 4 members (excludes halogenated alkanes) is 1. The van der Waals surface area contributed by atoms with Crippen LogP contribution < -0.4 is 59.7 Å². The van der Waals surface area contributed by atoms with Crippen LogP contribution in [0.25, 0.3) is 0 Å². The van der Waals surface area contributed by atoms with E-state index in [1.165, 1.54) is 0 Å². The number of aliphatic carboxylic acids is 1. The van der Waals surface area contributed by atoms with Crippen molar-refractivity contribution in [3.63, 3.8) is 0 Å². The monoisotopic (exact) mass is 1020 g/mol. The molecule has 71 heavy (non-hydrogen) atoms. The van der Waals surface area contributed by atoms with Crippen molar-refractivity contribution in [2.24, 2.45) is 40.9 Å². The van der Waals surface area contributed by atoms with E-state index >= 15 is 0 Å². The highest BCUT2D eigenvalue weighted by Crippen LogP contribution is 2.13. The van der Waals surface area contributed by atoms with Crippen molar-refractivity contribution >= 4 is 59.1 Å². The Balaban J connectivity index is 6.58. The van der Waals surface area contributed by atoms with Crippen LogP contribution in [-0.2, 0) is 47.9 Å². The maximum Gasteiger partial charge on any atom is 0.328 e. The number of nitrogens with one attached hydrogen (secondary N) is 8. The number of aliphatic hydroxyl groups is 3. The van der Waals surface area contributed by atoms with Gasteiger partial charge in [-0.1, -0.05) is 61.8 Å². The third-order valence-corrected chi connectivity index (χ3v) is 11.1. The third-order valence-electron chi connectivity index (χ3n) is 11.1. The first-order valence-corrected chi connectivity index (χ1v) is 24.3. The van der Waals surface area contributed by atoms with Gasteiger partial charge >= 0.3 is 5.97 Å². The summed E-state index contributed by atoms with van der Waals surface area (Å²) in [5, 5.41) is 59.7. The van der Waals surface area contributed by atoms with Crippen molar-refractivity contribution < 1.29 is 68.4 Å². The number of amides is 9. The number of hydrogen-bond donors (Lipinski definition) is 15. The fourth-order valence-corrected chi connectivity index (χ4v) is 7.12. The van der Waals surface area contributed by atoms with Crippen molar-refractivity contribution in [2.75, 3.05) is 6.54 Å². The number of carboxylic acids is 1. The zero-order valence-corrected chi connectivity index (χ0v) is 43.2. The molecule has 0 rings (SSSR count). The summed E-state index contributed by atoms with van der Waals surface area (Å²) in [5.41, 5.74) is 17.0. The normalized spacial score (nSPS) is 16.6. The molecular formula is C46H85N11O14. The molecule has 0 radical (unpaired) electrons. The van der Waals surface area contributed by atoms with Gasteiger partial charge in [0.1, 0.15) is 42.3 Å². The molecule has 408 valence electrons. The fraction of sp³-hybridized carbons (Fsp3) is 0.783. The van der Waals surface area contributed by atoms with Crippen LogP contribution in [0.3, 0.4) is 0 Å². The highest BCUT2D eigenvalue weighted by atomic mass is 16.4. The predicted octanol–water partition coefficient (Wildman–Crippen LogP) is -3.39. The topological polar surface area (TPSA) is 426 Å². The number of primary amides is 1. The summed E-state index contributed by atoms with van der Waals surface area (Å²) in [6.45, 7) is 17.7. The molecule has 25 nitrogen and oxygen atoms in total. The van der Waals surface area contributed by atoms with Gasteiger partial charge in [0, 0.05) is 6.42 Å². The minimum Gasteiger partial charge on any atom is -0.480 e. The predicted molar refractivity (Wildman–Crippen MR) is 261 cm³/mol. The minimum absolute atomic E-state index is 0.00626. The van der Waals surface area contributed by atoms with Gasteiger partial charge < -0.3 is 80.2 Å². The number of carboxylic acid groups (broad SMARTS) is 1. The molecule has 0 fully saturated rings. The molecule has 0 unspecified atom stereocenters. The van der Waals surface area contributed by atoms with Crippen molar-refractivity contribution in [1.29, 1.82) is 0 Å². The average Bonchev–Trinajstić information content (AvgIpc) is 3.24. The maximum atomic E-state index is 14.1. The van der Waals surface area contributed by atoms with E-state index in [0.29, 0.717) is 25.8 Å². The van der Waals surface area contributed by atoms with Gasteiger partial charge in [0.05, 0.1) is 24.4 Å². The lowest BCUT2D eigenvalue weighted by molar-refractivity contribution is -0.146. The third kappa shape index (κ3) is 24.9. The number of carbonyl (C=O) groups excluding carboxylic acids is 9. The first-order valence-electron chi connectivity index (χ1n) is 24.3. The van der Waals surface area contributed by atoms with E-state index in [0.717, 1.165) is 20.8 Å². The SMILES string of the molecule is CC(C)C[C@H](NC(=O)[C@H](CCC(N)=O)NC(=O)[C@@H](NC(=O)[C@H](CC(C)C)NC(=O)[C@@H](N)CCCCN)C(C)C)C(=O)N[C@@H](CC(C)C)C(=O)N[C@H](C(=O)N[C@H](C(=O)N[C@H](C(=O)O)[C@@H](C)O)[C@@H](C)O)[C@@H](C)O. The molecule has 0 aromatic heterocycles. The Morgan fingerprint density at radius 2 is 0.746 bits per heavy atom. The molecule has 0 aromatic carbocycles. The molecule has 0 saturated carbocycles. The molecule has 0 aromatic rings. The summed E-state index contributed by atoms with van der Waals surface area (Å²) in [7, 11) is 0. The molecule has 0 bridgehead atoms. The number of rotatable bonds is 34. The number of nitrogens with two attached hydrogens (primary N) is 3. The summed E-state index contributed by atoms with van der Waals surface area (Å²) < 4.78 is 0. The van der Waals surface area contributed by atoms with Crippen LogP contribution >= 0.6 is 0 Å². The average molecular weight is 1020 g/mol. The van der Waals surface area contributed by atoms with Crippen LogP contribution in [-0.4, -0.2) is 159 Å². The molecular weight excluding hydrogens is 931 g/mol. The van der Waals surface area contributed by atoms with Crippen molar-refractivity contribution in [3.05, 3.63) is 0 Å². The van der Waals surface area contributed by atoms with E-state index in [4.69, 9.17) is 17.2 Å². The molecule has 0 heterocycles. The molecule has 0 aliphatic heterocycles. The van der Waals surface area contributed by atoms with Gasteiger partial charge in [0.15, 0.2) is 6.04 Å². The summed E-state index contributed by atoms with van der Waals surface area (Å²) >= 11 is 0. The van der Waals surface area contributed by atoms with Gasteiger partial charge in [0.2, 0.25) is 53.2 Å². The van der Waals surface area contributed by atoms with Crippen LogP contribution in [0.2, 0.25) is 0 Å². The van der Waals surface area contributed by atoms with Gasteiger partial charge in [-0.25, -0.2) is 4.79 Å². The summed E-state index contributed by atoms with van der Waals surface area (Å²) in [6.07, 6.45) is -3.78. The van der Waals surface area contributed by atoms with Gasteiger partial charge in [0.25, 0.3) is 0 Å². The van der Waals surface area contributed by atoms with Crippen molar-refractivity contribution in [3.8, 4) is 0 Å². The van der Waals surface area contributed by atoms with Gasteiger partial charge in [-0.05, 0) is 89.5 Å². The van der Waals surface area contributed by atoms with E-state index in [1.54, 1.807) is 41.5 Å². The standard InChI is InChI=1S/C46H85N11O14/c1-21(2)18-30(40(64)53-32(20-23(5)6)42(66)55-35(25(9)58)44(68)56-36(26(10)59)45(69)57-37(27(11)60)46(70)71)52-39(63)29(15-16-33(49)61)50-43(67)34(24(7)8)54-41(65)31(19-22(3)4)51-38(62)28(48)14-12-13-17-47/h21-32,34-37,58-60H,12-20,47-48H2,1-11H3,(H2,49,61)(H,50,67)(H,51,62)(H,52,63)(H,53,64)(H,54,65)(H,55,66)(H,56,68)(H,57,69)(H,70,71)/t25-,26-,27-,28+,29+,30+,31+,32+,34+,35+,36+,37+/m1/s1. The quantitative estimate of drug-likeness (QED) is 0.0280. The Kier molecular flexibility index (Phi) is 30.0. The summed E-state index contributed by atoms with van der Waals surface area (Å²) in [6, 6.07) is -12.9. The van der Waals surface area contributed by atoms with E-state index in [9.17, 15) is 68.4 Å². The van der Waals surface area contributed by atoms with Crippen LogP contribution in [0.4, 0.5) is 0 Å². The van der Waals surface area contributed by atoms with E-state index in [2.05, 4.69) is 37.2 Å². The second kappa shape index (κ2) is 32.5. The summed E-state index contributed by atoms with van der Waals surface area (Å²) in [5.74, 6) is -10.8. The van der Waals surface area contributed by atoms with Gasteiger partial charge in [-0.2, -0.15) is 0 Å². The number of hydrogen-bond acceptors (Lipinski definition) is 15. The van der Waals surface area contributed by atoms with E-state index < -0.39 is 138 Å². The zero-order valence-electron chi connectivity index (χ0n) is 43.2. The Labute approximate surface area is 416 Å². The second-order valence-corrected chi connectivity index (χ2v) is 19.8. The number of aliphatic hydroxyl groups excluding tert-OH is 3. The maximum absolute atomic E-state index is 14.1. The largest absolute Gasteiger partial charge is 0.480 e. The zero-order chi connectivity index (χ0) is 55.0. The molecule has 18 N–H and O–H groups in total. The smallest absolute Gasteiger partial charge is 0.328 e. The van der Waals surface area contributed by atoms with Crippen LogP contribution in [0.1, 0.15) is 128 Å². The molecule has 9 amide bonds. The first-order chi connectivity index (χ1) is 32.8. The lowest BCUT2D eigenvalue weighted by Gasteiger charge is -2.30. The van der Waals surface area contributed by atoms with Crippen molar-refractivity contribution in [2.45, 2.75) is 200 Å². The molecule has 0 spiro atoms. The lowest BCUT2D eigenvalue weighted by Crippen LogP contribution is -2.63.